The SMILES string of the molecule is COc1cncc([C@H](NC2CSCCSC2)C2CC(O)C2)c1. The minimum Gasteiger partial charge on any atom is -0.495 e. The molecule has 0 aromatic carbocycles. The van der Waals surface area contributed by atoms with E-state index in [1.165, 1.54) is 17.1 Å². The van der Waals surface area contributed by atoms with Crippen molar-refractivity contribution < 1.29 is 9.84 Å². The fourth-order valence-electron chi connectivity index (χ4n) is 3.09. The number of ether oxygens (including phenoxy) is 1. The van der Waals surface area contributed by atoms with Crippen LogP contribution in [0, 0.1) is 5.92 Å². The van der Waals surface area contributed by atoms with E-state index >= 15 is 0 Å². The minimum atomic E-state index is -0.134. The van der Waals surface area contributed by atoms with Gasteiger partial charge >= 0.3 is 0 Å². The highest BCUT2D eigenvalue weighted by atomic mass is 32.2. The number of aliphatic hydroxyl groups excluding tert-OH is 1. The van der Waals surface area contributed by atoms with Crippen molar-refractivity contribution in [3.8, 4) is 5.75 Å². The Kier molecular flexibility index (Phi) is 5.90. The molecule has 0 spiro atoms. The molecule has 2 aliphatic rings. The van der Waals surface area contributed by atoms with Gasteiger partial charge in [0, 0.05) is 41.3 Å². The Balaban J connectivity index is 1.74. The first-order valence-corrected chi connectivity index (χ1v) is 10.2. The Labute approximate surface area is 140 Å². The third-order valence-electron chi connectivity index (χ3n) is 4.38. The van der Waals surface area contributed by atoms with Gasteiger partial charge in [-0.25, -0.2) is 0 Å². The van der Waals surface area contributed by atoms with Gasteiger partial charge in [0.05, 0.1) is 19.4 Å². The highest BCUT2D eigenvalue weighted by Crippen LogP contribution is 2.39. The lowest BCUT2D eigenvalue weighted by molar-refractivity contribution is 0.0227. The summed E-state index contributed by atoms with van der Waals surface area (Å²) < 4.78 is 5.32. The van der Waals surface area contributed by atoms with Gasteiger partial charge in [-0.15, -0.1) is 0 Å². The third kappa shape index (κ3) is 4.10. The van der Waals surface area contributed by atoms with E-state index in [1.54, 1.807) is 13.3 Å². The topological polar surface area (TPSA) is 54.4 Å². The molecule has 2 fully saturated rings. The number of nitrogens with zero attached hydrogens (tertiary/aromatic N) is 1. The van der Waals surface area contributed by atoms with Gasteiger partial charge in [0.15, 0.2) is 0 Å². The van der Waals surface area contributed by atoms with Crippen LogP contribution in [0.5, 0.6) is 5.75 Å². The van der Waals surface area contributed by atoms with Gasteiger partial charge in [-0.3, -0.25) is 4.98 Å². The number of hydrogen-bond donors (Lipinski definition) is 2. The van der Waals surface area contributed by atoms with Crippen LogP contribution in [0.1, 0.15) is 24.4 Å². The molecule has 0 amide bonds. The number of pyridine rings is 1. The maximum Gasteiger partial charge on any atom is 0.137 e. The molecule has 1 aromatic rings. The first kappa shape index (κ1) is 16.4. The van der Waals surface area contributed by atoms with Crippen LogP contribution in [0.15, 0.2) is 18.5 Å². The second kappa shape index (κ2) is 7.90. The van der Waals surface area contributed by atoms with Gasteiger partial charge in [-0.05, 0) is 30.4 Å². The second-order valence-electron chi connectivity index (χ2n) is 6.03. The molecular weight excluding hydrogens is 316 g/mol. The van der Waals surface area contributed by atoms with E-state index in [-0.39, 0.29) is 12.1 Å². The molecule has 6 heteroatoms. The van der Waals surface area contributed by atoms with Crippen molar-refractivity contribution in [3.63, 3.8) is 0 Å². The molecule has 0 radical (unpaired) electrons. The Hall–Kier alpha value is -0.430. The summed E-state index contributed by atoms with van der Waals surface area (Å²) in [4.78, 5) is 4.31. The second-order valence-corrected chi connectivity index (χ2v) is 8.33. The molecule has 1 saturated heterocycles. The first-order valence-electron chi connectivity index (χ1n) is 7.85. The zero-order chi connectivity index (χ0) is 15.4. The highest BCUT2D eigenvalue weighted by Gasteiger charge is 2.36. The molecule has 122 valence electrons. The molecule has 2 N–H and O–H groups in total. The molecule has 1 aliphatic heterocycles. The lowest BCUT2D eigenvalue weighted by atomic mass is 9.75. The maximum atomic E-state index is 9.69. The monoisotopic (exact) mass is 340 g/mol. The van der Waals surface area contributed by atoms with Crippen LogP contribution in [0.2, 0.25) is 0 Å². The molecule has 0 bridgehead atoms. The van der Waals surface area contributed by atoms with E-state index in [9.17, 15) is 5.11 Å². The van der Waals surface area contributed by atoms with Gasteiger partial charge in [0.2, 0.25) is 0 Å². The number of nitrogens with one attached hydrogen (secondary N) is 1. The van der Waals surface area contributed by atoms with Crippen molar-refractivity contribution in [2.24, 2.45) is 5.92 Å². The van der Waals surface area contributed by atoms with Gasteiger partial charge in [-0.2, -0.15) is 23.5 Å². The van der Waals surface area contributed by atoms with Crippen LogP contribution < -0.4 is 10.1 Å². The Morgan fingerprint density at radius 3 is 2.64 bits per heavy atom. The number of thioether (sulfide) groups is 2. The van der Waals surface area contributed by atoms with Gasteiger partial charge in [-0.1, -0.05) is 0 Å². The van der Waals surface area contributed by atoms with Crippen LogP contribution in [0.25, 0.3) is 0 Å². The predicted molar refractivity (Wildman–Crippen MR) is 93.8 cm³/mol. The predicted octanol–water partition coefficient (Wildman–Crippen LogP) is 2.34. The summed E-state index contributed by atoms with van der Waals surface area (Å²) in [6.07, 6.45) is 5.30. The van der Waals surface area contributed by atoms with Crippen molar-refractivity contribution in [2.75, 3.05) is 30.1 Å². The fourth-order valence-corrected chi connectivity index (χ4v) is 5.51. The standard InChI is InChI=1S/C16H24N2O2S2/c1-20-15-6-12(7-17-8-15)16(11-4-14(19)5-11)18-13-9-21-2-3-22-10-13/h6-8,11,13-14,16,18-19H,2-5,9-10H2,1H3/t11?,14?,16-/m1/s1. The average Bonchev–Trinajstić information content (AvgIpc) is 2.78. The Morgan fingerprint density at radius 1 is 1.27 bits per heavy atom. The number of aromatic nitrogens is 1. The van der Waals surface area contributed by atoms with E-state index in [1.807, 2.05) is 29.7 Å². The van der Waals surface area contributed by atoms with Gasteiger partial charge in [0.1, 0.15) is 5.75 Å². The summed E-state index contributed by atoms with van der Waals surface area (Å²) in [7, 11) is 1.68. The molecule has 2 heterocycles. The Morgan fingerprint density at radius 2 is 2.00 bits per heavy atom. The molecule has 1 aliphatic carbocycles. The minimum absolute atomic E-state index is 0.134. The van der Waals surface area contributed by atoms with Crippen molar-refractivity contribution >= 4 is 23.5 Å². The highest BCUT2D eigenvalue weighted by molar-refractivity contribution is 8.03. The fraction of sp³-hybridized carbons (Fsp3) is 0.688. The van der Waals surface area contributed by atoms with Crippen LogP contribution in [0.3, 0.4) is 0 Å². The van der Waals surface area contributed by atoms with Crippen LogP contribution in [-0.2, 0) is 0 Å². The average molecular weight is 341 g/mol. The third-order valence-corrected chi connectivity index (χ3v) is 6.90. The lowest BCUT2D eigenvalue weighted by Crippen LogP contribution is -2.44. The van der Waals surface area contributed by atoms with Gasteiger partial charge in [0.25, 0.3) is 0 Å². The van der Waals surface area contributed by atoms with Crippen molar-refractivity contribution in [3.05, 3.63) is 24.0 Å². The summed E-state index contributed by atoms with van der Waals surface area (Å²) in [5.74, 6) is 6.11. The number of aliphatic hydroxyl groups is 1. The molecule has 4 nitrogen and oxygen atoms in total. The summed E-state index contributed by atoms with van der Waals surface area (Å²) in [6, 6.07) is 2.86. The van der Waals surface area contributed by atoms with E-state index in [0.29, 0.717) is 12.0 Å². The number of methoxy groups -OCH3 is 1. The first-order chi connectivity index (χ1) is 10.8. The quantitative estimate of drug-likeness (QED) is 0.858. The molecular formula is C16H24N2O2S2. The molecule has 0 unspecified atom stereocenters. The van der Waals surface area contributed by atoms with E-state index < -0.39 is 0 Å². The largest absolute Gasteiger partial charge is 0.495 e. The number of hydrogen-bond acceptors (Lipinski definition) is 6. The molecule has 22 heavy (non-hydrogen) atoms. The van der Waals surface area contributed by atoms with Crippen LogP contribution in [0.4, 0.5) is 0 Å². The van der Waals surface area contributed by atoms with Crippen molar-refractivity contribution in [2.45, 2.75) is 31.0 Å². The van der Waals surface area contributed by atoms with E-state index in [0.717, 1.165) is 30.1 Å². The molecule has 3 rings (SSSR count). The van der Waals surface area contributed by atoms with Crippen molar-refractivity contribution in [1.82, 2.24) is 10.3 Å². The lowest BCUT2D eigenvalue weighted by Gasteiger charge is -2.40. The summed E-state index contributed by atoms with van der Waals surface area (Å²) in [5.41, 5.74) is 1.18. The zero-order valence-corrected chi connectivity index (χ0v) is 14.5. The molecule has 1 atom stereocenters. The number of rotatable bonds is 5. The van der Waals surface area contributed by atoms with Crippen LogP contribution >= 0.6 is 23.5 Å². The maximum absolute atomic E-state index is 9.69. The van der Waals surface area contributed by atoms with Crippen molar-refractivity contribution in [1.29, 1.82) is 0 Å². The molecule has 1 aromatic heterocycles. The zero-order valence-electron chi connectivity index (χ0n) is 12.9. The van der Waals surface area contributed by atoms with E-state index in [4.69, 9.17) is 4.74 Å². The smallest absolute Gasteiger partial charge is 0.137 e. The van der Waals surface area contributed by atoms with Gasteiger partial charge < -0.3 is 15.2 Å². The molecule has 1 saturated carbocycles. The summed E-state index contributed by atoms with van der Waals surface area (Å²) >= 11 is 4.07. The Bertz CT molecular complexity index is 475. The normalized spacial score (nSPS) is 27.7. The van der Waals surface area contributed by atoms with E-state index in [2.05, 4.69) is 16.4 Å². The van der Waals surface area contributed by atoms with Crippen LogP contribution in [-0.4, -0.2) is 52.4 Å². The summed E-state index contributed by atoms with van der Waals surface area (Å²) in [6.45, 7) is 0. The summed E-state index contributed by atoms with van der Waals surface area (Å²) in [5, 5.41) is 13.5.